The molecular formula is C14H21NO3. The van der Waals surface area contributed by atoms with Crippen LogP contribution in [0.4, 0.5) is 0 Å². The second-order valence-electron chi connectivity index (χ2n) is 4.11. The highest BCUT2D eigenvalue weighted by molar-refractivity contribution is 5.58. The Kier molecular flexibility index (Phi) is 6.22. The van der Waals surface area contributed by atoms with Gasteiger partial charge in [-0.25, -0.2) is 0 Å². The predicted octanol–water partition coefficient (Wildman–Crippen LogP) is 2.72. The summed E-state index contributed by atoms with van der Waals surface area (Å²) in [4.78, 5) is 0. The van der Waals surface area contributed by atoms with Crippen molar-refractivity contribution in [3.63, 3.8) is 0 Å². The predicted molar refractivity (Wildman–Crippen MR) is 71.9 cm³/mol. The molecule has 0 fully saturated rings. The molecule has 0 atom stereocenters. The average Bonchev–Trinajstić information content (AvgIpc) is 2.33. The molecular weight excluding hydrogens is 230 g/mol. The van der Waals surface area contributed by atoms with Crippen molar-refractivity contribution in [2.45, 2.75) is 27.2 Å². The zero-order chi connectivity index (χ0) is 13.4. The van der Waals surface area contributed by atoms with E-state index in [2.05, 4.69) is 17.3 Å². The van der Waals surface area contributed by atoms with Gasteiger partial charge < -0.3 is 14.7 Å². The number of aryl methyl sites for hydroxylation is 2. The summed E-state index contributed by atoms with van der Waals surface area (Å²) in [6, 6.07) is 4.22. The third-order valence-corrected chi connectivity index (χ3v) is 2.64. The number of benzene rings is 1. The average molecular weight is 251 g/mol. The molecule has 0 unspecified atom stereocenters. The van der Waals surface area contributed by atoms with Crippen LogP contribution in [0.15, 0.2) is 17.3 Å². The van der Waals surface area contributed by atoms with E-state index in [1.165, 1.54) is 11.8 Å². The highest BCUT2D eigenvalue weighted by Gasteiger charge is 2.06. The van der Waals surface area contributed by atoms with Gasteiger partial charge in [0, 0.05) is 6.61 Å². The first-order valence-electron chi connectivity index (χ1n) is 6.15. The van der Waals surface area contributed by atoms with Crippen LogP contribution in [0.3, 0.4) is 0 Å². The summed E-state index contributed by atoms with van der Waals surface area (Å²) in [6.07, 6.45) is 2.23. The van der Waals surface area contributed by atoms with Gasteiger partial charge in [-0.2, -0.15) is 0 Å². The summed E-state index contributed by atoms with van der Waals surface area (Å²) >= 11 is 0. The fraction of sp³-hybridized carbons (Fsp3) is 0.500. The first kappa shape index (κ1) is 14.5. The molecule has 0 heterocycles. The number of nitrogens with zero attached hydrogens (tertiary/aromatic N) is 1. The van der Waals surface area contributed by atoms with E-state index in [1.807, 2.05) is 20.8 Å². The zero-order valence-electron chi connectivity index (χ0n) is 11.3. The number of rotatable bonds is 7. The second-order valence-corrected chi connectivity index (χ2v) is 4.11. The Labute approximate surface area is 108 Å². The molecule has 18 heavy (non-hydrogen) atoms. The Morgan fingerprint density at radius 2 is 1.94 bits per heavy atom. The molecule has 4 heteroatoms. The zero-order valence-corrected chi connectivity index (χ0v) is 11.3. The molecule has 1 aromatic rings. The molecule has 1 N–H and O–H groups in total. The maximum Gasteiger partial charge on any atom is 0.127 e. The van der Waals surface area contributed by atoms with Gasteiger partial charge in [0.2, 0.25) is 0 Å². The first-order valence-corrected chi connectivity index (χ1v) is 6.15. The van der Waals surface area contributed by atoms with Crippen LogP contribution in [-0.2, 0) is 11.2 Å². The van der Waals surface area contributed by atoms with Gasteiger partial charge in [0.15, 0.2) is 0 Å². The largest absolute Gasteiger partial charge is 0.487 e. The van der Waals surface area contributed by atoms with Crippen molar-refractivity contribution in [1.29, 1.82) is 0 Å². The highest BCUT2D eigenvalue weighted by Crippen LogP contribution is 2.24. The molecule has 0 spiro atoms. The van der Waals surface area contributed by atoms with Crippen molar-refractivity contribution in [1.82, 2.24) is 0 Å². The Balaban J connectivity index is 2.70. The van der Waals surface area contributed by atoms with E-state index >= 15 is 0 Å². The monoisotopic (exact) mass is 251 g/mol. The van der Waals surface area contributed by atoms with Crippen molar-refractivity contribution in [3.05, 3.63) is 28.8 Å². The maximum absolute atomic E-state index is 8.32. The molecule has 0 aliphatic heterocycles. The van der Waals surface area contributed by atoms with Gasteiger partial charge in [-0.1, -0.05) is 17.3 Å². The molecule has 100 valence electrons. The van der Waals surface area contributed by atoms with Crippen molar-refractivity contribution in [2.75, 3.05) is 19.8 Å². The minimum atomic E-state index is 0.274. The summed E-state index contributed by atoms with van der Waals surface area (Å²) in [5, 5.41) is 11.2. The Hall–Kier alpha value is -1.55. The van der Waals surface area contributed by atoms with Crippen LogP contribution in [-0.4, -0.2) is 31.2 Å². The fourth-order valence-corrected chi connectivity index (χ4v) is 1.90. The third-order valence-electron chi connectivity index (χ3n) is 2.64. The van der Waals surface area contributed by atoms with E-state index in [9.17, 15) is 0 Å². The normalized spacial score (nSPS) is 11.1. The lowest BCUT2D eigenvalue weighted by Crippen LogP contribution is -2.04. The van der Waals surface area contributed by atoms with Gasteiger partial charge >= 0.3 is 0 Å². The van der Waals surface area contributed by atoms with Crippen molar-refractivity contribution < 1.29 is 14.7 Å². The van der Waals surface area contributed by atoms with Crippen LogP contribution in [0.5, 0.6) is 5.75 Å². The van der Waals surface area contributed by atoms with Crippen molar-refractivity contribution in [2.24, 2.45) is 5.16 Å². The number of hydrogen-bond acceptors (Lipinski definition) is 4. The smallest absolute Gasteiger partial charge is 0.127 e. The molecule has 0 radical (unpaired) electrons. The van der Waals surface area contributed by atoms with Gasteiger partial charge in [-0.05, 0) is 43.9 Å². The lowest BCUT2D eigenvalue weighted by Gasteiger charge is -2.12. The molecule has 0 aliphatic rings. The lowest BCUT2D eigenvalue weighted by molar-refractivity contribution is 0.151. The van der Waals surface area contributed by atoms with Crippen LogP contribution < -0.4 is 4.74 Å². The van der Waals surface area contributed by atoms with Crippen molar-refractivity contribution >= 4 is 6.21 Å². The molecule has 0 amide bonds. The fourth-order valence-electron chi connectivity index (χ4n) is 1.90. The molecule has 0 aliphatic carbocycles. The Morgan fingerprint density at radius 3 is 2.50 bits per heavy atom. The lowest BCUT2D eigenvalue weighted by atomic mass is 10.0. The number of hydrogen-bond donors (Lipinski definition) is 1. The highest BCUT2D eigenvalue weighted by atomic mass is 16.5. The topological polar surface area (TPSA) is 51.0 Å². The van der Waals surface area contributed by atoms with Gasteiger partial charge in [0.1, 0.15) is 12.4 Å². The Morgan fingerprint density at radius 1 is 1.28 bits per heavy atom. The second kappa shape index (κ2) is 7.71. The maximum atomic E-state index is 8.32. The molecule has 0 saturated carbocycles. The van der Waals surface area contributed by atoms with E-state index in [-0.39, 0.29) is 6.61 Å². The molecule has 0 saturated heterocycles. The van der Waals surface area contributed by atoms with E-state index < -0.39 is 0 Å². The first-order chi connectivity index (χ1) is 8.69. The van der Waals surface area contributed by atoms with Crippen LogP contribution in [0.2, 0.25) is 0 Å². The van der Waals surface area contributed by atoms with E-state index in [0.717, 1.165) is 36.5 Å². The summed E-state index contributed by atoms with van der Waals surface area (Å²) in [6.45, 7) is 7.80. The molecule has 0 bridgehead atoms. The number of oxime groups is 1. The minimum absolute atomic E-state index is 0.274. The van der Waals surface area contributed by atoms with Crippen LogP contribution in [0.1, 0.15) is 23.6 Å². The van der Waals surface area contributed by atoms with Gasteiger partial charge in [0.25, 0.3) is 0 Å². The minimum Gasteiger partial charge on any atom is -0.487 e. The summed E-state index contributed by atoms with van der Waals surface area (Å²) in [7, 11) is 0. The van der Waals surface area contributed by atoms with Gasteiger partial charge in [-0.3, -0.25) is 0 Å². The quantitative estimate of drug-likeness (QED) is 0.351. The van der Waals surface area contributed by atoms with Gasteiger partial charge in [0.05, 0.1) is 12.8 Å². The third kappa shape index (κ3) is 4.37. The molecule has 0 aromatic heterocycles. The standard InChI is InChI=1S/C14H21NO3/c1-4-17-7-5-13-9-11(2)14(12(3)10-13)18-8-6-15-16/h6,9-10,16H,4-5,7-8H2,1-3H3. The SMILES string of the molecule is CCOCCc1cc(C)c(OCC=NO)c(C)c1. The van der Waals surface area contributed by atoms with E-state index in [1.54, 1.807) is 0 Å². The van der Waals surface area contributed by atoms with E-state index in [0.29, 0.717) is 0 Å². The summed E-state index contributed by atoms with van der Waals surface area (Å²) < 4.78 is 10.9. The molecule has 1 aromatic carbocycles. The van der Waals surface area contributed by atoms with Crippen molar-refractivity contribution in [3.8, 4) is 5.75 Å². The summed E-state index contributed by atoms with van der Waals surface area (Å²) in [5.74, 6) is 0.857. The number of ether oxygens (including phenoxy) is 2. The van der Waals surface area contributed by atoms with Gasteiger partial charge in [-0.15, -0.1) is 0 Å². The molecule has 4 nitrogen and oxygen atoms in total. The summed E-state index contributed by atoms with van der Waals surface area (Å²) in [5.41, 5.74) is 3.43. The van der Waals surface area contributed by atoms with E-state index in [4.69, 9.17) is 14.7 Å². The van der Waals surface area contributed by atoms with Crippen LogP contribution >= 0.6 is 0 Å². The Bertz CT molecular complexity index is 379. The molecule has 1 rings (SSSR count). The van der Waals surface area contributed by atoms with Crippen LogP contribution in [0, 0.1) is 13.8 Å². The van der Waals surface area contributed by atoms with Crippen LogP contribution in [0.25, 0.3) is 0 Å².